The van der Waals surface area contributed by atoms with Gasteiger partial charge in [0.05, 0.1) is 50.9 Å². The quantitative estimate of drug-likeness (QED) is 0.670. The van der Waals surface area contributed by atoms with E-state index in [1.54, 1.807) is 39.5 Å². The van der Waals surface area contributed by atoms with E-state index in [9.17, 15) is 4.79 Å². The van der Waals surface area contributed by atoms with Crippen LogP contribution in [0.2, 0.25) is 5.02 Å². The van der Waals surface area contributed by atoms with Crippen molar-refractivity contribution in [2.75, 3.05) is 57.8 Å². The first kappa shape index (κ1) is 21.8. The smallest absolute Gasteiger partial charge is 0.248 e. The second-order valence-electron chi connectivity index (χ2n) is 6.52. The average Bonchev–Trinajstić information content (AvgIpc) is 2.77. The van der Waals surface area contributed by atoms with Gasteiger partial charge in [-0.15, -0.1) is 0 Å². The predicted octanol–water partition coefficient (Wildman–Crippen LogP) is 3.85. The maximum atomic E-state index is 12.6. The molecule has 0 aromatic heterocycles. The number of hydrogen-bond acceptors (Lipinski definition) is 6. The summed E-state index contributed by atoms with van der Waals surface area (Å²) >= 11 is 6.42. The van der Waals surface area contributed by atoms with E-state index in [2.05, 4.69) is 10.2 Å². The van der Waals surface area contributed by atoms with Gasteiger partial charge in [0, 0.05) is 19.2 Å². The number of hydrogen-bond donors (Lipinski definition) is 1. The highest BCUT2D eigenvalue weighted by molar-refractivity contribution is 6.34. The fourth-order valence-corrected chi connectivity index (χ4v) is 3.56. The van der Waals surface area contributed by atoms with E-state index in [1.165, 1.54) is 6.08 Å². The number of rotatable bonds is 7. The van der Waals surface area contributed by atoms with Crippen LogP contribution in [0.1, 0.15) is 5.56 Å². The zero-order valence-corrected chi connectivity index (χ0v) is 18.0. The van der Waals surface area contributed by atoms with Crippen molar-refractivity contribution in [1.82, 2.24) is 0 Å². The van der Waals surface area contributed by atoms with Crippen molar-refractivity contribution in [2.24, 2.45) is 0 Å². The third-order valence-corrected chi connectivity index (χ3v) is 4.99. The topological polar surface area (TPSA) is 69.3 Å². The first-order chi connectivity index (χ1) is 14.6. The minimum absolute atomic E-state index is 0.277. The van der Waals surface area contributed by atoms with Gasteiger partial charge in [0.15, 0.2) is 11.5 Å². The highest BCUT2D eigenvalue weighted by atomic mass is 35.5. The van der Waals surface area contributed by atoms with Crippen LogP contribution >= 0.6 is 11.6 Å². The summed E-state index contributed by atoms with van der Waals surface area (Å²) in [6, 6.07) is 8.99. The van der Waals surface area contributed by atoms with Gasteiger partial charge in [-0.05, 0) is 35.9 Å². The molecule has 0 spiro atoms. The van der Waals surface area contributed by atoms with E-state index in [-0.39, 0.29) is 5.91 Å². The van der Waals surface area contributed by atoms with Gasteiger partial charge in [-0.25, -0.2) is 0 Å². The van der Waals surface area contributed by atoms with E-state index in [0.29, 0.717) is 54.3 Å². The molecule has 7 nitrogen and oxygen atoms in total. The van der Waals surface area contributed by atoms with Crippen molar-refractivity contribution in [1.29, 1.82) is 0 Å². The van der Waals surface area contributed by atoms with Crippen LogP contribution in [0.4, 0.5) is 11.4 Å². The molecule has 1 heterocycles. The minimum Gasteiger partial charge on any atom is -0.493 e. The van der Waals surface area contributed by atoms with Gasteiger partial charge in [0.1, 0.15) is 0 Å². The Morgan fingerprint density at radius 2 is 1.77 bits per heavy atom. The molecule has 1 amide bonds. The monoisotopic (exact) mass is 432 g/mol. The van der Waals surface area contributed by atoms with Crippen molar-refractivity contribution >= 4 is 35.0 Å². The van der Waals surface area contributed by atoms with Gasteiger partial charge in [0.2, 0.25) is 11.7 Å². The lowest BCUT2D eigenvalue weighted by Gasteiger charge is -2.31. The van der Waals surface area contributed by atoms with Crippen molar-refractivity contribution in [3.05, 3.63) is 47.0 Å². The van der Waals surface area contributed by atoms with Crippen molar-refractivity contribution in [3.63, 3.8) is 0 Å². The lowest BCUT2D eigenvalue weighted by molar-refractivity contribution is -0.111. The number of anilines is 2. The van der Waals surface area contributed by atoms with Crippen LogP contribution in [0.15, 0.2) is 36.4 Å². The number of morpholine rings is 1. The van der Waals surface area contributed by atoms with Crippen LogP contribution in [-0.4, -0.2) is 53.5 Å². The van der Waals surface area contributed by atoms with Gasteiger partial charge < -0.3 is 29.2 Å². The largest absolute Gasteiger partial charge is 0.493 e. The van der Waals surface area contributed by atoms with Gasteiger partial charge >= 0.3 is 0 Å². The maximum Gasteiger partial charge on any atom is 0.248 e. The maximum absolute atomic E-state index is 12.6. The molecular formula is C22H25ClN2O5. The second kappa shape index (κ2) is 10.2. The van der Waals surface area contributed by atoms with Gasteiger partial charge in [-0.3, -0.25) is 4.79 Å². The second-order valence-corrected chi connectivity index (χ2v) is 6.92. The zero-order valence-electron chi connectivity index (χ0n) is 17.2. The van der Waals surface area contributed by atoms with Crippen LogP contribution in [0.25, 0.3) is 6.08 Å². The zero-order chi connectivity index (χ0) is 21.5. The van der Waals surface area contributed by atoms with Crippen molar-refractivity contribution in [3.8, 4) is 17.2 Å². The molecule has 0 atom stereocenters. The van der Waals surface area contributed by atoms with Crippen LogP contribution in [0.5, 0.6) is 17.2 Å². The molecule has 0 unspecified atom stereocenters. The predicted molar refractivity (Wildman–Crippen MR) is 118 cm³/mol. The molecule has 2 aromatic carbocycles. The summed E-state index contributed by atoms with van der Waals surface area (Å²) < 4.78 is 21.4. The number of carbonyl (C=O) groups is 1. The fourth-order valence-electron chi connectivity index (χ4n) is 3.27. The number of halogens is 1. The van der Waals surface area contributed by atoms with Crippen LogP contribution in [0, 0.1) is 0 Å². The summed E-state index contributed by atoms with van der Waals surface area (Å²) in [6.45, 7) is 2.68. The van der Waals surface area contributed by atoms with Crippen LogP contribution < -0.4 is 24.4 Å². The van der Waals surface area contributed by atoms with Crippen LogP contribution in [-0.2, 0) is 9.53 Å². The first-order valence-corrected chi connectivity index (χ1v) is 9.85. The van der Waals surface area contributed by atoms with Gasteiger partial charge in [-0.2, -0.15) is 0 Å². The Labute approximate surface area is 181 Å². The standard InChI is InChI=1S/C22H25ClN2O5/c1-27-18-13-15(14-19(28-2)22(18)29-3)7-8-20(26)24-17-6-4-5-16(23)21(17)25-9-11-30-12-10-25/h4-8,13-14H,9-12H2,1-3H3,(H,24,26)/b8-7+. The Hall–Kier alpha value is -2.90. The lowest BCUT2D eigenvalue weighted by Crippen LogP contribution is -2.37. The number of nitrogens with zero attached hydrogens (tertiary/aromatic N) is 1. The van der Waals surface area contributed by atoms with E-state index in [4.69, 9.17) is 30.5 Å². The number of amides is 1. The van der Waals surface area contributed by atoms with Gasteiger partial charge in [-0.1, -0.05) is 17.7 Å². The average molecular weight is 433 g/mol. The van der Waals surface area contributed by atoms with E-state index < -0.39 is 0 Å². The highest BCUT2D eigenvalue weighted by Gasteiger charge is 2.18. The summed E-state index contributed by atoms with van der Waals surface area (Å²) in [5.74, 6) is 1.25. The SMILES string of the molecule is COc1cc(/C=C/C(=O)Nc2cccc(Cl)c2N2CCOCC2)cc(OC)c1OC. The summed E-state index contributed by atoms with van der Waals surface area (Å²) in [5, 5.41) is 3.51. The van der Waals surface area contributed by atoms with Gasteiger partial charge in [0.25, 0.3) is 0 Å². The van der Waals surface area contributed by atoms with E-state index >= 15 is 0 Å². The van der Waals surface area contributed by atoms with Crippen molar-refractivity contribution < 1.29 is 23.7 Å². The summed E-state index contributed by atoms with van der Waals surface area (Å²) in [6.07, 6.45) is 3.13. The third-order valence-electron chi connectivity index (χ3n) is 4.69. The minimum atomic E-state index is -0.277. The summed E-state index contributed by atoms with van der Waals surface area (Å²) in [5.41, 5.74) is 2.19. The molecule has 8 heteroatoms. The molecular weight excluding hydrogens is 408 g/mol. The van der Waals surface area contributed by atoms with Crippen molar-refractivity contribution in [2.45, 2.75) is 0 Å². The number of methoxy groups -OCH3 is 3. The molecule has 30 heavy (non-hydrogen) atoms. The molecule has 0 radical (unpaired) electrons. The molecule has 0 aliphatic carbocycles. The van der Waals surface area contributed by atoms with E-state index in [0.717, 1.165) is 11.3 Å². The summed E-state index contributed by atoms with van der Waals surface area (Å²) in [7, 11) is 4.63. The molecule has 0 bridgehead atoms. The normalized spacial score (nSPS) is 13.9. The number of nitrogens with one attached hydrogen (secondary N) is 1. The Kier molecular flexibility index (Phi) is 7.43. The number of ether oxygens (including phenoxy) is 4. The molecule has 3 rings (SSSR count). The fraction of sp³-hybridized carbons (Fsp3) is 0.318. The number of para-hydroxylation sites is 1. The number of benzene rings is 2. The molecule has 1 saturated heterocycles. The molecule has 1 N–H and O–H groups in total. The molecule has 1 aliphatic rings. The molecule has 160 valence electrons. The highest BCUT2D eigenvalue weighted by Crippen LogP contribution is 2.38. The summed E-state index contributed by atoms with van der Waals surface area (Å²) in [4.78, 5) is 14.7. The Morgan fingerprint density at radius 3 is 2.37 bits per heavy atom. The third kappa shape index (κ3) is 4.98. The molecule has 1 fully saturated rings. The molecule has 2 aromatic rings. The Morgan fingerprint density at radius 1 is 1.10 bits per heavy atom. The first-order valence-electron chi connectivity index (χ1n) is 9.47. The van der Waals surface area contributed by atoms with E-state index in [1.807, 2.05) is 18.2 Å². The Bertz CT molecular complexity index is 901. The number of carbonyl (C=O) groups excluding carboxylic acids is 1. The van der Waals surface area contributed by atoms with Crippen LogP contribution in [0.3, 0.4) is 0 Å². The lowest BCUT2D eigenvalue weighted by atomic mass is 10.1. The molecule has 0 saturated carbocycles. The molecule has 1 aliphatic heterocycles. The Balaban J connectivity index is 1.79.